The van der Waals surface area contributed by atoms with Gasteiger partial charge in [-0.1, -0.05) is 72.8 Å². The number of nitrogens with one attached hydrogen (secondary N) is 1. The standard InChI is InChI=1S/C31H28F6N2O/c32-30(33,34)25-15-13-23(14-16-25)27-18-24(19-29(39-27)31(35,36)37)28(40)20-38-17-7-12-26(21-8-3-1-4-9-21)22-10-5-2-6-11-22/h1-6,8-11,13-16,18-19,26,28,38,40H,7,12,17,20H2/t28-/m1/s1. The lowest BCUT2D eigenvalue weighted by Crippen LogP contribution is -2.23. The zero-order valence-corrected chi connectivity index (χ0v) is 21.4. The maximum Gasteiger partial charge on any atom is 0.433 e. The quantitative estimate of drug-likeness (QED) is 0.153. The van der Waals surface area contributed by atoms with Crippen LogP contribution < -0.4 is 5.32 Å². The number of halogens is 6. The van der Waals surface area contributed by atoms with E-state index in [1.165, 1.54) is 17.2 Å². The smallest absolute Gasteiger partial charge is 0.387 e. The summed E-state index contributed by atoms with van der Waals surface area (Å²) in [6.07, 6.45) is -9.08. The molecule has 0 aliphatic carbocycles. The van der Waals surface area contributed by atoms with Gasteiger partial charge < -0.3 is 10.4 Å². The highest BCUT2D eigenvalue weighted by Crippen LogP contribution is 2.34. The lowest BCUT2D eigenvalue weighted by Gasteiger charge is -2.19. The van der Waals surface area contributed by atoms with Crippen LogP contribution in [0.1, 0.15) is 52.8 Å². The molecule has 0 fully saturated rings. The zero-order valence-electron chi connectivity index (χ0n) is 21.4. The van der Waals surface area contributed by atoms with E-state index in [1.807, 2.05) is 36.4 Å². The van der Waals surface area contributed by atoms with E-state index in [9.17, 15) is 31.4 Å². The van der Waals surface area contributed by atoms with Crippen molar-refractivity contribution in [2.24, 2.45) is 0 Å². The van der Waals surface area contributed by atoms with Crippen molar-refractivity contribution in [3.63, 3.8) is 0 Å². The van der Waals surface area contributed by atoms with Crippen LogP contribution in [0.2, 0.25) is 0 Å². The summed E-state index contributed by atoms with van der Waals surface area (Å²) in [5, 5.41) is 13.8. The summed E-state index contributed by atoms with van der Waals surface area (Å²) in [5.41, 5.74) is 0.0830. The molecule has 0 saturated heterocycles. The number of hydrogen-bond acceptors (Lipinski definition) is 3. The summed E-state index contributed by atoms with van der Waals surface area (Å²) < 4.78 is 79.3. The van der Waals surface area contributed by atoms with Gasteiger partial charge in [-0.3, -0.25) is 0 Å². The second kappa shape index (κ2) is 12.7. The van der Waals surface area contributed by atoms with Crippen molar-refractivity contribution in [2.75, 3.05) is 13.1 Å². The molecule has 1 heterocycles. The number of aliphatic hydroxyl groups is 1. The molecule has 3 nitrogen and oxygen atoms in total. The number of aromatic nitrogens is 1. The van der Waals surface area contributed by atoms with Crippen LogP contribution in [0.5, 0.6) is 0 Å². The van der Waals surface area contributed by atoms with Gasteiger partial charge in [-0.15, -0.1) is 0 Å². The number of nitrogens with zero attached hydrogens (tertiary/aromatic N) is 1. The van der Waals surface area contributed by atoms with Gasteiger partial charge in [0.25, 0.3) is 0 Å². The molecular weight excluding hydrogens is 530 g/mol. The first-order valence-electron chi connectivity index (χ1n) is 12.8. The van der Waals surface area contributed by atoms with Gasteiger partial charge in [-0.05, 0) is 60.3 Å². The molecule has 210 valence electrons. The van der Waals surface area contributed by atoms with E-state index >= 15 is 0 Å². The molecule has 9 heteroatoms. The highest BCUT2D eigenvalue weighted by molar-refractivity contribution is 5.61. The molecule has 0 aliphatic heterocycles. The Balaban J connectivity index is 1.42. The molecule has 1 aromatic heterocycles. The van der Waals surface area contributed by atoms with Crippen LogP contribution in [0.3, 0.4) is 0 Å². The second-order valence-electron chi connectivity index (χ2n) is 9.48. The minimum Gasteiger partial charge on any atom is -0.387 e. The molecule has 4 rings (SSSR count). The monoisotopic (exact) mass is 558 g/mol. The molecule has 0 bridgehead atoms. The summed E-state index contributed by atoms with van der Waals surface area (Å²) in [4.78, 5) is 3.60. The van der Waals surface area contributed by atoms with Gasteiger partial charge in [-0.2, -0.15) is 26.3 Å². The Morgan fingerprint density at radius 2 is 1.27 bits per heavy atom. The molecule has 0 aliphatic rings. The van der Waals surface area contributed by atoms with Crippen LogP contribution in [0, 0.1) is 0 Å². The minimum absolute atomic E-state index is 0.00486. The van der Waals surface area contributed by atoms with Crippen LogP contribution in [0.15, 0.2) is 97.1 Å². The molecule has 0 spiro atoms. The average molecular weight is 559 g/mol. The van der Waals surface area contributed by atoms with E-state index in [1.54, 1.807) is 0 Å². The SMILES string of the molecule is O[C@H](CNCCCC(c1ccccc1)c1ccccc1)c1cc(-c2ccc(C(F)(F)F)cc2)nc(C(F)(F)F)c1. The molecule has 2 N–H and O–H groups in total. The van der Waals surface area contributed by atoms with Gasteiger partial charge in [0.05, 0.1) is 17.4 Å². The summed E-state index contributed by atoms with van der Waals surface area (Å²) in [7, 11) is 0. The van der Waals surface area contributed by atoms with Crippen molar-refractivity contribution < 1.29 is 31.4 Å². The van der Waals surface area contributed by atoms with Gasteiger partial charge in [0.15, 0.2) is 0 Å². The van der Waals surface area contributed by atoms with Crippen molar-refractivity contribution in [2.45, 2.75) is 37.2 Å². The number of aliphatic hydroxyl groups excluding tert-OH is 1. The Kier molecular flexibility index (Phi) is 9.27. The fourth-order valence-electron chi connectivity index (χ4n) is 4.55. The summed E-state index contributed by atoms with van der Waals surface area (Å²) in [6, 6.07) is 25.9. The van der Waals surface area contributed by atoms with Crippen molar-refractivity contribution in [1.82, 2.24) is 10.3 Å². The number of hydrogen-bond donors (Lipinski definition) is 2. The summed E-state index contributed by atoms with van der Waals surface area (Å²) >= 11 is 0. The van der Waals surface area contributed by atoms with E-state index < -0.39 is 29.7 Å². The molecule has 0 saturated carbocycles. The van der Waals surface area contributed by atoms with E-state index in [2.05, 4.69) is 34.6 Å². The Morgan fingerprint density at radius 3 is 1.80 bits per heavy atom. The second-order valence-corrected chi connectivity index (χ2v) is 9.48. The largest absolute Gasteiger partial charge is 0.433 e. The van der Waals surface area contributed by atoms with Crippen LogP contribution >= 0.6 is 0 Å². The number of benzene rings is 3. The Hall–Kier alpha value is -3.69. The Labute approximate surface area is 228 Å². The highest BCUT2D eigenvalue weighted by atomic mass is 19.4. The Bertz CT molecular complexity index is 1320. The molecule has 4 aromatic rings. The van der Waals surface area contributed by atoms with E-state index in [0.717, 1.165) is 43.2 Å². The van der Waals surface area contributed by atoms with Crippen molar-refractivity contribution in [3.8, 4) is 11.3 Å². The van der Waals surface area contributed by atoms with E-state index in [-0.39, 0.29) is 29.3 Å². The van der Waals surface area contributed by atoms with Crippen LogP contribution in [-0.2, 0) is 12.4 Å². The van der Waals surface area contributed by atoms with Crippen LogP contribution in [0.4, 0.5) is 26.3 Å². The zero-order chi connectivity index (χ0) is 28.8. The molecule has 0 radical (unpaired) electrons. The van der Waals surface area contributed by atoms with Crippen LogP contribution in [0.25, 0.3) is 11.3 Å². The van der Waals surface area contributed by atoms with Gasteiger partial charge in [0, 0.05) is 18.0 Å². The maximum atomic E-state index is 13.5. The molecule has 3 aromatic carbocycles. The van der Waals surface area contributed by atoms with Gasteiger partial charge in [0.1, 0.15) is 5.69 Å². The van der Waals surface area contributed by atoms with Crippen molar-refractivity contribution in [3.05, 3.63) is 125 Å². The van der Waals surface area contributed by atoms with Crippen molar-refractivity contribution >= 4 is 0 Å². The van der Waals surface area contributed by atoms with Gasteiger partial charge in [0.2, 0.25) is 0 Å². The first kappa shape index (κ1) is 29.3. The minimum atomic E-state index is -4.80. The van der Waals surface area contributed by atoms with E-state index in [0.29, 0.717) is 6.54 Å². The normalized spacial score (nSPS) is 13.0. The lowest BCUT2D eigenvalue weighted by atomic mass is 9.87. The Morgan fingerprint density at radius 1 is 0.700 bits per heavy atom. The highest BCUT2D eigenvalue weighted by Gasteiger charge is 2.34. The fraction of sp³-hybridized carbons (Fsp3) is 0.258. The molecule has 0 unspecified atom stereocenters. The third kappa shape index (κ3) is 7.70. The topological polar surface area (TPSA) is 45.1 Å². The maximum absolute atomic E-state index is 13.5. The van der Waals surface area contributed by atoms with Crippen LogP contribution in [-0.4, -0.2) is 23.2 Å². The number of alkyl halides is 6. The summed E-state index contributed by atoms with van der Waals surface area (Å²) in [6.45, 7) is 0.519. The molecule has 1 atom stereocenters. The summed E-state index contributed by atoms with van der Waals surface area (Å²) in [5.74, 6) is 0.176. The lowest BCUT2D eigenvalue weighted by molar-refractivity contribution is -0.141. The first-order chi connectivity index (χ1) is 19.0. The van der Waals surface area contributed by atoms with E-state index in [4.69, 9.17) is 0 Å². The molecule has 40 heavy (non-hydrogen) atoms. The van der Waals surface area contributed by atoms with Gasteiger partial charge in [-0.25, -0.2) is 4.98 Å². The first-order valence-corrected chi connectivity index (χ1v) is 12.8. The third-order valence-electron chi connectivity index (χ3n) is 6.62. The molecule has 0 amide bonds. The third-order valence-corrected chi connectivity index (χ3v) is 6.62. The average Bonchev–Trinajstić information content (AvgIpc) is 2.94. The number of rotatable bonds is 10. The van der Waals surface area contributed by atoms with Crippen molar-refractivity contribution in [1.29, 1.82) is 0 Å². The fourth-order valence-corrected chi connectivity index (χ4v) is 4.55. The number of pyridine rings is 1. The van der Waals surface area contributed by atoms with Gasteiger partial charge >= 0.3 is 12.4 Å². The predicted octanol–water partition coefficient (Wildman–Crippen LogP) is 8.02. The molecular formula is C31H28F6N2O. The predicted molar refractivity (Wildman–Crippen MR) is 141 cm³/mol.